The Morgan fingerprint density at radius 3 is 2.63 bits per heavy atom. The molecular formula is C19H21N5O3. The van der Waals surface area contributed by atoms with Gasteiger partial charge in [0.2, 0.25) is 5.91 Å². The highest BCUT2D eigenvalue weighted by Gasteiger charge is 2.27. The molecule has 3 amide bonds. The maximum absolute atomic E-state index is 12.7. The van der Waals surface area contributed by atoms with Gasteiger partial charge in [0, 0.05) is 24.9 Å². The molecule has 0 unspecified atom stereocenters. The molecule has 2 aliphatic heterocycles. The Hall–Kier alpha value is -3.05. The van der Waals surface area contributed by atoms with Crippen LogP contribution in [0.4, 0.5) is 4.79 Å². The first-order valence-corrected chi connectivity index (χ1v) is 9.10. The Labute approximate surface area is 156 Å². The normalized spacial score (nSPS) is 18.3. The van der Waals surface area contributed by atoms with Crippen molar-refractivity contribution in [2.75, 3.05) is 24.6 Å². The van der Waals surface area contributed by atoms with Gasteiger partial charge in [-0.1, -0.05) is 11.8 Å². The van der Waals surface area contributed by atoms with E-state index in [-0.39, 0.29) is 24.6 Å². The molecule has 0 spiro atoms. The molecule has 2 aliphatic rings. The van der Waals surface area contributed by atoms with Crippen LogP contribution in [-0.2, 0) is 11.8 Å². The summed E-state index contributed by atoms with van der Waals surface area (Å²) in [6.45, 7) is 2.16. The van der Waals surface area contributed by atoms with Crippen molar-refractivity contribution in [3.8, 4) is 11.8 Å². The SMILES string of the molecule is Cn1c(=O)n(N2CCC(=O)NC2=O)c2ccc(C#CC3CCNCC3)cc21. The fourth-order valence-corrected chi connectivity index (χ4v) is 3.53. The summed E-state index contributed by atoms with van der Waals surface area (Å²) in [6, 6.07) is 4.94. The number of rotatable bonds is 1. The monoisotopic (exact) mass is 367 g/mol. The van der Waals surface area contributed by atoms with Crippen LogP contribution in [0.1, 0.15) is 24.8 Å². The smallest absolute Gasteiger partial charge is 0.317 e. The van der Waals surface area contributed by atoms with Crippen LogP contribution in [0, 0.1) is 17.8 Å². The van der Waals surface area contributed by atoms with Crippen molar-refractivity contribution in [2.45, 2.75) is 19.3 Å². The van der Waals surface area contributed by atoms with E-state index in [2.05, 4.69) is 22.5 Å². The zero-order valence-corrected chi connectivity index (χ0v) is 15.1. The fraction of sp³-hybridized carbons (Fsp3) is 0.421. The number of benzene rings is 1. The summed E-state index contributed by atoms with van der Waals surface area (Å²) in [5.74, 6) is 6.60. The van der Waals surface area contributed by atoms with Gasteiger partial charge in [-0.15, -0.1) is 0 Å². The number of carbonyl (C=O) groups excluding carboxylic acids is 2. The van der Waals surface area contributed by atoms with Gasteiger partial charge in [-0.3, -0.25) is 14.7 Å². The zero-order chi connectivity index (χ0) is 19.0. The highest BCUT2D eigenvalue weighted by atomic mass is 16.2. The minimum Gasteiger partial charge on any atom is -0.317 e. The van der Waals surface area contributed by atoms with Crippen molar-refractivity contribution < 1.29 is 9.59 Å². The molecule has 4 rings (SSSR count). The first kappa shape index (κ1) is 17.4. The summed E-state index contributed by atoms with van der Waals surface area (Å²) in [5, 5.41) is 6.84. The lowest BCUT2D eigenvalue weighted by molar-refractivity contribution is -0.120. The van der Waals surface area contributed by atoms with Gasteiger partial charge in [0.1, 0.15) is 0 Å². The van der Waals surface area contributed by atoms with Gasteiger partial charge in [0.05, 0.1) is 17.6 Å². The van der Waals surface area contributed by atoms with E-state index >= 15 is 0 Å². The number of hydrogen-bond acceptors (Lipinski definition) is 4. The van der Waals surface area contributed by atoms with Crippen LogP contribution >= 0.6 is 0 Å². The number of urea groups is 1. The summed E-state index contributed by atoms with van der Waals surface area (Å²) in [4.78, 5) is 36.2. The second kappa shape index (κ2) is 6.93. The van der Waals surface area contributed by atoms with E-state index in [9.17, 15) is 14.4 Å². The second-order valence-corrected chi connectivity index (χ2v) is 6.88. The number of nitrogens with zero attached hydrogens (tertiary/aromatic N) is 3. The summed E-state index contributed by atoms with van der Waals surface area (Å²) in [6.07, 6.45) is 2.26. The van der Waals surface area contributed by atoms with E-state index in [4.69, 9.17) is 0 Å². The number of aromatic nitrogens is 2. The van der Waals surface area contributed by atoms with Gasteiger partial charge in [-0.05, 0) is 44.1 Å². The van der Waals surface area contributed by atoms with Crippen LogP contribution in [-0.4, -0.2) is 40.8 Å². The molecular weight excluding hydrogens is 346 g/mol. The molecule has 8 heteroatoms. The summed E-state index contributed by atoms with van der Waals surface area (Å²) in [5.41, 5.74) is 1.81. The lowest BCUT2D eigenvalue weighted by atomic mass is 9.98. The fourth-order valence-electron chi connectivity index (χ4n) is 3.53. The molecule has 2 fully saturated rings. The number of nitrogens with one attached hydrogen (secondary N) is 2. The highest BCUT2D eigenvalue weighted by Crippen LogP contribution is 2.17. The van der Waals surface area contributed by atoms with Crippen LogP contribution in [0.2, 0.25) is 0 Å². The number of piperidine rings is 1. The summed E-state index contributed by atoms with van der Waals surface area (Å²) in [7, 11) is 1.66. The number of hydrogen-bond donors (Lipinski definition) is 2. The Morgan fingerprint density at radius 1 is 1.11 bits per heavy atom. The predicted molar refractivity (Wildman–Crippen MR) is 101 cm³/mol. The maximum atomic E-state index is 12.7. The van der Waals surface area contributed by atoms with Crippen LogP contribution in [0.25, 0.3) is 11.0 Å². The summed E-state index contributed by atoms with van der Waals surface area (Å²) < 4.78 is 2.82. The minimum absolute atomic E-state index is 0.161. The van der Waals surface area contributed by atoms with E-state index in [1.807, 2.05) is 12.1 Å². The molecule has 0 saturated carbocycles. The van der Waals surface area contributed by atoms with E-state index < -0.39 is 6.03 Å². The summed E-state index contributed by atoms with van der Waals surface area (Å²) >= 11 is 0. The predicted octanol–water partition coefficient (Wildman–Crippen LogP) is 0.269. The van der Waals surface area contributed by atoms with Gasteiger partial charge in [0.15, 0.2) is 0 Å². The molecule has 2 saturated heterocycles. The molecule has 2 aromatic rings. The maximum Gasteiger partial charge on any atom is 0.348 e. The van der Waals surface area contributed by atoms with Gasteiger partial charge in [0.25, 0.3) is 0 Å². The number of imidazole rings is 1. The number of imide groups is 1. The third-order valence-electron chi connectivity index (χ3n) is 5.07. The molecule has 3 heterocycles. The second-order valence-electron chi connectivity index (χ2n) is 6.88. The Balaban J connectivity index is 1.70. The van der Waals surface area contributed by atoms with Crippen LogP contribution in [0.5, 0.6) is 0 Å². The van der Waals surface area contributed by atoms with Gasteiger partial charge >= 0.3 is 11.7 Å². The molecule has 0 radical (unpaired) electrons. The quantitative estimate of drug-likeness (QED) is 0.708. The Kier molecular flexibility index (Phi) is 4.46. The Morgan fingerprint density at radius 2 is 1.89 bits per heavy atom. The van der Waals surface area contributed by atoms with E-state index in [1.165, 1.54) is 14.3 Å². The van der Waals surface area contributed by atoms with Crippen LogP contribution in [0.3, 0.4) is 0 Å². The molecule has 27 heavy (non-hydrogen) atoms. The molecule has 0 aliphatic carbocycles. The lowest BCUT2D eigenvalue weighted by Crippen LogP contribution is -2.57. The molecule has 8 nitrogen and oxygen atoms in total. The molecule has 2 N–H and O–H groups in total. The first-order chi connectivity index (χ1) is 13.0. The van der Waals surface area contributed by atoms with Crippen LogP contribution < -0.4 is 21.3 Å². The van der Waals surface area contributed by atoms with Crippen molar-refractivity contribution in [2.24, 2.45) is 13.0 Å². The average Bonchev–Trinajstić information content (AvgIpc) is 2.92. The standard InChI is InChI=1S/C19H21N5O3/c1-22-16-12-14(3-2-13-6-9-20-10-7-13)4-5-15(16)24(19(22)27)23-11-8-17(25)21-18(23)26/h4-5,12-13,20H,6-11H2,1H3,(H,21,25,26). The number of aryl methyl sites for hydroxylation is 1. The molecule has 1 aromatic heterocycles. The topological polar surface area (TPSA) is 88.4 Å². The van der Waals surface area contributed by atoms with Crippen molar-refractivity contribution >= 4 is 23.0 Å². The first-order valence-electron chi connectivity index (χ1n) is 9.10. The highest BCUT2D eigenvalue weighted by molar-refractivity contribution is 6.02. The third kappa shape index (κ3) is 3.22. The largest absolute Gasteiger partial charge is 0.348 e. The number of fused-ring (bicyclic) bond motifs is 1. The van der Waals surface area contributed by atoms with E-state index in [1.54, 1.807) is 13.1 Å². The molecule has 0 bridgehead atoms. The van der Waals surface area contributed by atoms with Gasteiger partial charge in [-0.2, -0.15) is 4.68 Å². The minimum atomic E-state index is -0.587. The Bertz CT molecular complexity index is 1030. The van der Waals surface area contributed by atoms with Crippen molar-refractivity contribution in [1.82, 2.24) is 19.9 Å². The lowest BCUT2D eigenvalue weighted by Gasteiger charge is -2.26. The van der Waals surface area contributed by atoms with E-state index in [0.29, 0.717) is 17.0 Å². The molecule has 0 atom stereocenters. The van der Waals surface area contributed by atoms with E-state index in [0.717, 1.165) is 31.5 Å². The van der Waals surface area contributed by atoms with Crippen molar-refractivity contribution in [1.29, 1.82) is 0 Å². The van der Waals surface area contributed by atoms with Crippen molar-refractivity contribution in [3.63, 3.8) is 0 Å². The average molecular weight is 367 g/mol. The zero-order valence-electron chi connectivity index (χ0n) is 15.1. The molecule has 1 aromatic carbocycles. The molecule has 140 valence electrons. The van der Waals surface area contributed by atoms with Gasteiger partial charge < -0.3 is 5.32 Å². The van der Waals surface area contributed by atoms with Crippen LogP contribution in [0.15, 0.2) is 23.0 Å². The van der Waals surface area contributed by atoms with Crippen molar-refractivity contribution in [3.05, 3.63) is 34.2 Å². The number of carbonyl (C=O) groups is 2. The number of amides is 3. The van der Waals surface area contributed by atoms with Gasteiger partial charge in [-0.25, -0.2) is 14.6 Å². The third-order valence-corrected chi connectivity index (χ3v) is 5.07.